The number of anilines is 1. The molecule has 1 aromatic carbocycles. The highest BCUT2D eigenvalue weighted by Crippen LogP contribution is 2.22. The summed E-state index contributed by atoms with van der Waals surface area (Å²) in [6.45, 7) is 5.14. The Bertz CT molecular complexity index is 552. The van der Waals surface area contributed by atoms with Crippen LogP contribution >= 0.6 is 0 Å². The number of hydrogen-bond acceptors (Lipinski definition) is 4. The zero-order chi connectivity index (χ0) is 14.4. The van der Waals surface area contributed by atoms with Gasteiger partial charge >= 0.3 is 0 Å². The summed E-state index contributed by atoms with van der Waals surface area (Å²) < 4.78 is 0. The molecule has 0 radical (unpaired) electrons. The van der Waals surface area contributed by atoms with Crippen molar-refractivity contribution in [1.29, 1.82) is 0 Å². The largest absolute Gasteiger partial charge is 0.320 e. The summed E-state index contributed by atoms with van der Waals surface area (Å²) in [5.41, 5.74) is 2.11. The minimum Gasteiger partial charge on any atom is -0.320 e. The van der Waals surface area contributed by atoms with Crippen LogP contribution in [0.2, 0.25) is 0 Å². The number of aromatic nitrogens is 3. The lowest BCUT2D eigenvalue weighted by Crippen LogP contribution is -2.21. The van der Waals surface area contributed by atoms with Crippen molar-refractivity contribution in [2.45, 2.75) is 26.3 Å². The molecule has 106 valence electrons. The van der Waals surface area contributed by atoms with Crippen LogP contribution in [-0.4, -0.2) is 27.9 Å². The molecule has 0 bridgehead atoms. The second kappa shape index (κ2) is 6.81. The van der Waals surface area contributed by atoms with Crippen LogP contribution in [0.5, 0.6) is 0 Å². The van der Waals surface area contributed by atoms with Crippen LogP contribution < -0.4 is 10.6 Å². The molecule has 0 aliphatic carbocycles. The average Bonchev–Trinajstić information content (AvgIpc) is 2.99. The van der Waals surface area contributed by atoms with E-state index in [1.807, 2.05) is 24.3 Å². The van der Waals surface area contributed by atoms with Gasteiger partial charge in [-0.3, -0.25) is 4.79 Å². The van der Waals surface area contributed by atoms with Crippen LogP contribution in [-0.2, 0) is 0 Å². The van der Waals surface area contributed by atoms with Gasteiger partial charge in [0.2, 0.25) is 0 Å². The Morgan fingerprint density at radius 2 is 2.20 bits per heavy atom. The number of para-hydroxylation sites is 1. The normalized spacial score (nSPS) is 12.1. The number of hydrogen-bond donors (Lipinski definition) is 3. The molecule has 6 nitrogen and oxygen atoms in total. The van der Waals surface area contributed by atoms with Gasteiger partial charge in [0.15, 0.2) is 5.69 Å². The fourth-order valence-corrected chi connectivity index (χ4v) is 1.96. The number of rotatable bonds is 6. The number of benzene rings is 1. The van der Waals surface area contributed by atoms with Crippen molar-refractivity contribution in [3.8, 4) is 0 Å². The first-order valence-electron chi connectivity index (χ1n) is 6.71. The number of nitrogens with zero attached hydrogens (tertiary/aromatic N) is 2. The van der Waals surface area contributed by atoms with E-state index in [9.17, 15) is 4.79 Å². The van der Waals surface area contributed by atoms with Gasteiger partial charge in [0.1, 0.15) is 0 Å². The Hall–Kier alpha value is -2.21. The third kappa shape index (κ3) is 3.42. The molecule has 1 unspecified atom stereocenters. The van der Waals surface area contributed by atoms with E-state index in [1.54, 1.807) is 0 Å². The van der Waals surface area contributed by atoms with E-state index in [-0.39, 0.29) is 17.6 Å². The first kappa shape index (κ1) is 14.2. The molecule has 0 saturated heterocycles. The predicted molar refractivity (Wildman–Crippen MR) is 77.5 cm³/mol. The van der Waals surface area contributed by atoms with E-state index in [2.05, 4.69) is 39.9 Å². The van der Waals surface area contributed by atoms with Crippen molar-refractivity contribution in [3.05, 3.63) is 41.7 Å². The number of amides is 1. The molecule has 2 rings (SSSR count). The third-order valence-corrected chi connectivity index (χ3v) is 3.02. The first-order valence-corrected chi connectivity index (χ1v) is 6.71. The van der Waals surface area contributed by atoms with E-state index in [1.165, 1.54) is 6.20 Å². The molecule has 2 aromatic rings. The van der Waals surface area contributed by atoms with Gasteiger partial charge in [-0.1, -0.05) is 25.1 Å². The maximum Gasteiger partial charge on any atom is 0.277 e. The summed E-state index contributed by atoms with van der Waals surface area (Å²) >= 11 is 0. The highest BCUT2D eigenvalue weighted by molar-refractivity contribution is 6.03. The molecular weight excluding hydrogens is 254 g/mol. The van der Waals surface area contributed by atoms with Crippen molar-refractivity contribution in [2.75, 3.05) is 11.9 Å². The summed E-state index contributed by atoms with van der Waals surface area (Å²) in [7, 11) is 0. The molecule has 1 heterocycles. The lowest BCUT2D eigenvalue weighted by molar-refractivity contribution is 0.102. The van der Waals surface area contributed by atoms with Crippen LogP contribution in [0.15, 0.2) is 30.5 Å². The van der Waals surface area contributed by atoms with Gasteiger partial charge < -0.3 is 10.6 Å². The quantitative estimate of drug-likeness (QED) is 0.753. The lowest BCUT2D eigenvalue weighted by atomic mass is 10.1. The molecule has 0 aliphatic rings. The Kier molecular flexibility index (Phi) is 4.84. The van der Waals surface area contributed by atoms with Gasteiger partial charge in [-0.05, 0) is 31.5 Å². The second-order valence-electron chi connectivity index (χ2n) is 4.57. The van der Waals surface area contributed by atoms with E-state index >= 15 is 0 Å². The van der Waals surface area contributed by atoms with E-state index < -0.39 is 0 Å². The molecule has 1 atom stereocenters. The number of carbonyl (C=O) groups is 1. The topological polar surface area (TPSA) is 82.7 Å². The molecule has 6 heteroatoms. The highest BCUT2D eigenvalue weighted by Gasteiger charge is 2.14. The molecule has 1 aromatic heterocycles. The average molecular weight is 273 g/mol. The van der Waals surface area contributed by atoms with Crippen LogP contribution in [0.3, 0.4) is 0 Å². The van der Waals surface area contributed by atoms with Crippen LogP contribution in [0.25, 0.3) is 0 Å². The molecule has 0 saturated carbocycles. The maximum absolute atomic E-state index is 12.0. The van der Waals surface area contributed by atoms with Crippen molar-refractivity contribution in [2.24, 2.45) is 0 Å². The monoisotopic (exact) mass is 273 g/mol. The van der Waals surface area contributed by atoms with Crippen LogP contribution in [0.1, 0.15) is 42.4 Å². The van der Waals surface area contributed by atoms with Crippen LogP contribution in [0.4, 0.5) is 5.69 Å². The van der Waals surface area contributed by atoms with Crippen molar-refractivity contribution >= 4 is 11.6 Å². The van der Waals surface area contributed by atoms with E-state index in [4.69, 9.17) is 0 Å². The standard InChI is InChI=1S/C14H19N5O/c1-3-8-15-10(2)11-6-4-5-7-12(11)17-14(20)13-9-16-19-18-13/h4-7,9-10,15H,3,8H2,1-2H3,(H,17,20)(H,16,18,19). The maximum atomic E-state index is 12.0. The second-order valence-corrected chi connectivity index (χ2v) is 4.57. The summed E-state index contributed by atoms with van der Waals surface area (Å²) in [5.74, 6) is -0.270. The minimum atomic E-state index is -0.270. The molecule has 20 heavy (non-hydrogen) atoms. The van der Waals surface area contributed by atoms with Crippen molar-refractivity contribution < 1.29 is 4.79 Å². The Labute approximate surface area is 118 Å². The van der Waals surface area contributed by atoms with Crippen molar-refractivity contribution in [3.63, 3.8) is 0 Å². The molecular formula is C14H19N5O. The Morgan fingerprint density at radius 3 is 2.90 bits per heavy atom. The Morgan fingerprint density at radius 1 is 1.40 bits per heavy atom. The summed E-state index contributed by atoms with van der Waals surface area (Å²) in [5, 5.41) is 16.1. The van der Waals surface area contributed by atoms with Crippen LogP contribution in [0, 0.1) is 0 Å². The number of carbonyl (C=O) groups excluding carboxylic acids is 1. The molecule has 1 amide bonds. The first-order chi connectivity index (χ1) is 9.72. The SMILES string of the molecule is CCCNC(C)c1ccccc1NC(=O)c1cn[nH]n1. The fraction of sp³-hybridized carbons (Fsp3) is 0.357. The summed E-state index contributed by atoms with van der Waals surface area (Å²) in [6.07, 6.45) is 2.47. The van der Waals surface area contributed by atoms with E-state index in [0.717, 1.165) is 24.2 Å². The van der Waals surface area contributed by atoms with Gasteiger partial charge in [0.25, 0.3) is 5.91 Å². The highest BCUT2D eigenvalue weighted by atomic mass is 16.2. The van der Waals surface area contributed by atoms with Crippen molar-refractivity contribution in [1.82, 2.24) is 20.7 Å². The van der Waals surface area contributed by atoms with Gasteiger partial charge in [-0.25, -0.2) is 0 Å². The molecule has 3 N–H and O–H groups in total. The Balaban J connectivity index is 2.13. The third-order valence-electron chi connectivity index (χ3n) is 3.02. The summed E-state index contributed by atoms with van der Waals surface area (Å²) in [6, 6.07) is 7.92. The van der Waals surface area contributed by atoms with Gasteiger partial charge in [0, 0.05) is 11.7 Å². The molecule has 0 aliphatic heterocycles. The number of nitrogens with one attached hydrogen (secondary N) is 3. The predicted octanol–water partition coefficient (Wildman–Crippen LogP) is 2.12. The smallest absolute Gasteiger partial charge is 0.277 e. The number of aromatic amines is 1. The molecule has 0 spiro atoms. The zero-order valence-corrected chi connectivity index (χ0v) is 11.7. The zero-order valence-electron chi connectivity index (χ0n) is 11.7. The van der Waals surface area contributed by atoms with Gasteiger partial charge in [0.05, 0.1) is 6.20 Å². The van der Waals surface area contributed by atoms with E-state index in [0.29, 0.717) is 0 Å². The van der Waals surface area contributed by atoms with Gasteiger partial charge in [-0.2, -0.15) is 15.4 Å². The molecule has 0 fully saturated rings. The van der Waals surface area contributed by atoms with Gasteiger partial charge in [-0.15, -0.1) is 0 Å². The minimum absolute atomic E-state index is 0.170. The fourth-order valence-electron chi connectivity index (χ4n) is 1.96. The summed E-state index contributed by atoms with van der Waals surface area (Å²) in [4.78, 5) is 12.0. The lowest BCUT2D eigenvalue weighted by Gasteiger charge is -2.17. The number of H-pyrrole nitrogens is 1.